The molecule has 0 saturated heterocycles. The zero-order chi connectivity index (χ0) is 18.7. The molecule has 2 amide bonds. The van der Waals surface area contributed by atoms with Crippen LogP contribution in [0.4, 0.5) is 18.0 Å². The van der Waals surface area contributed by atoms with E-state index in [1.54, 1.807) is 34.6 Å². The molecule has 1 aromatic carbocycles. The van der Waals surface area contributed by atoms with E-state index in [0.29, 0.717) is 12.1 Å². The van der Waals surface area contributed by atoms with Crippen LogP contribution >= 0.6 is 0 Å². The fourth-order valence-electron chi connectivity index (χ4n) is 1.75. The molecule has 0 atom stereocenters. The molecule has 0 unspecified atom stereocenters. The van der Waals surface area contributed by atoms with Crippen LogP contribution in [0.25, 0.3) is 0 Å². The van der Waals surface area contributed by atoms with E-state index in [0.717, 1.165) is 0 Å². The van der Waals surface area contributed by atoms with Crippen LogP contribution in [0.5, 0.6) is 0 Å². The van der Waals surface area contributed by atoms with E-state index in [9.17, 15) is 22.8 Å². The molecule has 5 nitrogen and oxygen atoms in total. The summed E-state index contributed by atoms with van der Waals surface area (Å²) in [7, 11) is 0. The van der Waals surface area contributed by atoms with Crippen LogP contribution < -0.4 is 10.6 Å². The Labute approximate surface area is 138 Å². The molecule has 0 radical (unpaired) electrons. The number of ether oxygens (including phenoxy) is 1. The summed E-state index contributed by atoms with van der Waals surface area (Å²) < 4.78 is 45.3. The van der Waals surface area contributed by atoms with Crippen LogP contribution in [0.1, 0.15) is 45.0 Å². The van der Waals surface area contributed by atoms with Crippen molar-refractivity contribution in [2.24, 2.45) is 0 Å². The third-order valence-corrected chi connectivity index (χ3v) is 2.80. The van der Waals surface area contributed by atoms with Gasteiger partial charge in [-0.05, 0) is 46.8 Å². The molecule has 8 heteroatoms. The van der Waals surface area contributed by atoms with Gasteiger partial charge >= 0.3 is 6.09 Å². The summed E-state index contributed by atoms with van der Waals surface area (Å²) >= 11 is 0. The van der Waals surface area contributed by atoms with Gasteiger partial charge in [0.1, 0.15) is 17.0 Å². The van der Waals surface area contributed by atoms with Gasteiger partial charge in [0.2, 0.25) is 0 Å². The van der Waals surface area contributed by atoms with Gasteiger partial charge in [-0.1, -0.05) is 0 Å². The Morgan fingerprint density at radius 1 is 1.04 bits per heavy atom. The van der Waals surface area contributed by atoms with Crippen LogP contribution in [0.15, 0.2) is 12.1 Å². The van der Waals surface area contributed by atoms with Crippen molar-refractivity contribution in [1.29, 1.82) is 0 Å². The van der Waals surface area contributed by atoms with E-state index in [-0.39, 0.29) is 6.54 Å². The van der Waals surface area contributed by atoms with E-state index in [4.69, 9.17) is 4.74 Å². The number of alkyl carbamates (subject to hydrolysis) is 1. The minimum absolute atomic E-state index is 0.152. The molecule has 0 aliphatic rings. The van der Waals surface area contributed by atoms with Crippen molar-refractivity contribution in [3.8, 4) is 0 Å². The van der Waals surface area contributed by atoms with Gasteiger partial charge in [-0.25, -0.2) is 18.0 Å². The Balaban J connectivity index is 2.73. The van der Waals surface area contributed by atoms with Crippen molar-refractivity contribution >= 4 is 12.0 Å². The summed E-state index contributed by atoms with van der Waals surface area (Å²) in [6, 6.07) is 1.26. The first-order chi connectivity index (χ1) is 10.8. The zero-order valence-electron chi connectivity index (χ0n) is 14.2. The second-order valence-electron chi connectivity index (χ2n) is 6.91. The molecule has 0 bridgehead atoms. The number of halogens is 3. The molecule has 1 rings (SSSR count). The minimum Gasteiger partial charge on any atom is -0.444 e. The number of rotatable bonds is 4. The van der Waals surface area contributed by atoms with Crippen LogP contribution in [0.2, 0.25) is 0 Å². The summed E-state index contributed by atoms with van der Waals surface area (Å²) in [6.45, 7) is 8.08. The van der Waals surface area contributed by atoms with Gasteiger partial charge in [-0.15, -0.1) is 0 Å². The van der Waals surface area contributed by atoms with Gasteiger partial charge in [-0.2, -0.15) is 0 Å². The lowest BCUT2D eigenvalue weighted by Crippen LogP contribution is -2.52. The first-order valence-electron chi connectivity index (χ1n) is 7.25. The molecule has 24 heavy (non-hydrogen) atoms. The second-order valence-corrected chi connectivity index (χ2v) is 6.91. The summed E-state index contributed by atoms with van der Waals surface area (Å²) in [4.78, 5) is 23.6. The quantitative estimate of drug-likeness (QED) is 0.823. The molecule has 0 aromatic heterocycles. The molecular weight excluding hydrogens is 325 g/mol. The SMILES string of the molecule is CC(C)(CNC(=O)c1c(F)ccc(F)c1F)NC(=O)OC(C)(C)C. The number of nitrogens with one attached hydrogen (secondary N) is 2. The Kier molecular flexibility index (Phi) is 5.86. The average Bonchev–Trinajstić information content (AvgIpc) is 2.38. The topological polar surface area (TPSA) is 67.4 Å². The van der Waals surface area contributed by atoms with Crippen molar-refractivity contribution < 1.29 is 27.5 Å². The van der Waals surface area contributed by atoms with Gasteiger partial charge in [-0.3, -0.25) is 4.79 Å². The van der Waals surface area contributed by atoms with Crippen LogP contribution in [0.3, 0.4) is 0 Å². The highest BCUT2D eigenvalue weighted by molar-refractivity contribution is 5.94. The minimum atomic E-state index is -1.56. The van der Waals surface area contributed by atoms with Crippen molar-refractivity contribution in [2.45, 2.75) is 45.8 Å². The molecular formula is C16H21F3N2O3. The van der Waals surface area contributed by atoms with Crippen LogP contribution in [0, 0.1) is 17.5 Å². The summed E-state index contributed by atoms with van der Waals surface area (Å²) in [5, 5.41) is 4.78. The summed E-state index contributed by atoms with van der Waals surface area (Å²) in [5.74, 6) is -5.19. The molecule has 0 aliphatic heterocycles. The highest BCUT2D eigenvalue weighted by atomic mass is 19.2. The highest BCUT2D eigenvalue weighted by Crippen LogP contribution is 2.16. The second kappa shape index (κ2) is 7.11. The number of amides is 2. The van der Waals surface area contributed by atoms with Crippen molar-refractivity contribution in [1.82, 2.24) is 10.6 Å². The normalized spacial score (nSPS) is 11.8. The predicted octanol–water partition coefficient (Wildman–Crippen LogP) is 3.14. The summed E-state index contributed by atoms with van der Waals surface area (Å²) in [5.41, 5.74) is -2.67. The Morgan fingerprint density at radius 2 is 1.58 bits per heavy atom. The lowest BCUT2D eigenvalue weighted by atomic mass is 10.1. The van der Waals surface area contributed by atoms with E-state index >= 15 is 0 Å². The monoisotopic (exact) mass is 346 g/mol. The fraction of sp³-hybridized carbons (Fsp3) is 0.500. The van der Waals surface area contributed by atoms with E-state index in [1.807, 2.05) is 0 Å². The lowest BCUT2D eigenvalue weighted by molar-refractivity contribution is 0.0468. The van der Waals surface area contributed by atoms with E-state index in [1.165, 1.54) is 0 Å². The van der Waals surface area contributed by atoms with Gasteiger partial charge in [0, 0.05) is 6.54 Å². The van der Waals surface area contributed by atoms with Crippen molar-refractivity contribution in [3.05, 3.63) is 35.1 Å². The van der Waals surface area contributed by atoms with E-state index in [2.05, 4.69) is 10.6 Å². The van der Waals surface area contributed by atoms with E-state index < -0.39 is 46.2 Å². The molecule has 134 valence electrons. The Bertz CT molecular complexity index is 640. The Morgan fingerprint density at radius 3 is 2.12 bits per heavy atom. The number of hydrogen-bond donors (Lipinski definition) is 2. The predicted molar refractivity (Wildman–Crippen MR) is 82.1 cm³/mol. The molecule has 0 fully saturated rings. The summed E-state index contributed by atoms with van der Waals surface area (Å²) in [6.07, 6.45) is -0.704. The van der Waals surface area contributed by atoms with Gasteiger partial charge in [0.15, 0.2) is 11.6 Å². The third kappa shape index (κ3) is 5.75. The molecule has 0 heterocycles. The van der Waals surface area contributed by atoms with Crippen LogP contribution in [-0.4, -0.2) is 29.7 Å². The fourth-order valence-corrected chi connectivity index (χ4v) is 1.75. The first-order valence-corrected chi connectivity index (χ1v) is 7.25. The maximum Gasteiger partial charge on any atom is 0.408 e. The molecule has 1 aromatic rings. The van der Waals surface area contributed by atoms with Gasteiger partial charge in [0.05, 0.1) is 5.54 Å². The average molecular weight is 346 g/mol. The maximum atomic E-state index is 13.6. The number of carbonyl (C=O) groups is 2. The Hall–Kier alpha value is -2.25. The number of hydrogen-bond acceptors (Lipinski definition) is 3. The molecule has 0 aliphatic carbocycles. The standard InChI is InChI=1S/C16H21F3N2O3/c1-15(2,3)24-14(23)21-16(4,5)8-20-13(22)11-9(17)6-7-10(18)12(11)19/h6-7H,8H2,1-5H3,(H,20,22)(H,21,23). The number of carbonyl (C=O) groups excluding carboxylic acids is 2. The van der Waals surface area contributed by atoms with Crippen LogP contribution in [-0.2, 0) is 4.74 Å². The number of benzene rings is 1. The highest BCUT2D eigenvalue weighted by Gasteiger charge is 2.27. The van der Waals surface area contributed by atoms with Gasteiger partial charge in [0.25, 0.3) is 5.91 Å². The lowest BCUT2D eigenvalue weighted by Gasteiger charge is -2.28. The molecule has 0 saturated carbocycles. The van der Waals surface area contributed by atoms with Crippen molar-refractivity contribution in [3.63, 3.8) is 0 Å². The smallest absolute Gasteiger partial charge is 0.408 e. The largest absolute Gasteiger partial charge is 0.444 e. The maximum absolute atomic E-state index is 13.6. The zero-order valence-corrected chi connectivity index (χ0v) is 14.2. The third-order valence-electron chi connectivity index (χ3n) is 2.80. The first kappa shape index (κ1) is 19.8. The molecule has 0 spiro atoms. The molecule has 2 N–H and O–H groups in total. The van der Waals surface area contributed by atoms with Gasteiger partial charge < -0.3 is 15.4 Å². The van der Waals surface area contributed by atoms with Crippen molar-refractivity contribution in [2.75, 3.05) is 6.54 Å².